The Morgan fingerprint density at radius 2 is 1.75 bits per heavy atom. The zero-order valence-electron chi connectivity index (χ0n) is 14.0. The summed E-state index contributed by atoms with van der Waals surface area (Å²) in [5.41, 5.74) is 2.24. The largest absolute Gasteiger partial charge is 0.494 e. The highest BCUT2D eigenvalue weighted by Gasteiger charge is 2.09. The first-order valence-corrected chi connectivity index (χ1v) is 7.96. The number of amides is 2. The molecule has 24 heavy (non-hydrogen) atoms. The number of hydrogen-bond donors (Lipinski definition) is 2. The second-order valence-corrected chi connectivity index (χ2v) is 5.33. The number of nitrogens with one attached hydrogen (secondary N) is 2. The fraction of sp³-hybridized carbons (Fsp3) is 0.263. The van der Waals surface area contributed by atoms with Gasteiger partial charge in [0.05, 0.1) is 6.61 Å². The van der Waals surface area contributed by atoms with E-state index >= 15 is 0 Å². The van der Waals surface area contributed by atoms with Crippen molar-refractivity contribution in [2.45, 2.75) is 20.3 Å². The molecule has 5 heteroatoms. The van der Waals surface area contributed by atoms with Gasteiger partial charge in [-0.05, 0) is 49.7 Å². The van der Waals surface area contributed by atoms with Gasteiger partial charge in [-0.1, -0.05) is 18.2 Å². The SMILES string of the molecule is CCOc1ccc(NC(=O)CCNC(=O)c2ccccc2C)cc1. The van der Waals surface area contributed by atoms with E-state index in [4.69, 9.17) is 4.74 Å². The molecule has 0 heterocycles. The quantitative estimate of drug-likeness (QED) is 0.821. The summed E-state index contributed by atoms with van der Waals surface area (Å²) in [6.07, 6.45) is 0.213. The Bertz CT molecular complexity index is 696. The summed E-state index contributed by atoms with van der Waals surface area (Å²) in [6, 6.07) is 14.5. The van der Waals surface area contributed by atoms with Crippen molar-refractivity contribution in [3.05, 3.63) is 59.7 Å². The molecule has 2 N–H and O–H groups in total. The zero-order chi connectivity index (χ0) is 17.4. The van der Waals surface area contributed by atoms with Crippen molar-refractivity contribution < 1.29 is 14.3 Å². The smallest absolute Gasteiger partial charge is 0.251 e. The third kappa shape index (κ3) is 5.12. The van der Waals surface area contributed by atoms with E-state index in [2.05, 4.69) is 10.6 Å². The summed E-state index contributed by atoms with van der Waals surface area (Å²) in [5, 5.41) is 5.55. The van der Waals surface area contributed by atoms with E-state index in [9.17, 15) is 9.59 Å². The highest BCUT2D eigenvalue weighted by molar-refractivity contribution is 5.96. The minimum Gasteiger partial charge on any atom is -0.494 e. The summed E-state index contributed by atoms with van der Waals surface area (Å²) in [7, 11) is 0. The molecular weight excluding hydrogens is 304 g/mol. The Balaban J connectivity index is 1.77. The molecule has 0 unspecified atom stereocenters. The number of benzene rings is 2. The first-order chi connectivity index (χ1) is 11.6. The van der Waals surface area contributed by atoms with Crippen molar-refractivity contribution in [3.63, 3.8) is 0 Å². The molecule has 2 amide bonds. The van der Waals surface area contributed by atoms with Crippen molar-refractivity contribution >= 4 is 17.5 Å². The lowest BCUT2D eigenvalue weighted by atomic mass is 10.1. The molecule has 0 radical (unpaired) electrons. The summed E-state index contributed by atoms with van der Waals surface area (Å²) in [5.74, 6) is 0.451. The third-order valence-corrected chi connectivity index (χ3v) is 3.48. The van der Waals surface area contributed by atoms with Crippen molar-refractivity contribution in [3.8, 4) is 5.75 Å². The van der Waals surface area contributed by atoms with E-state index in [-0.39, 0.29) is 24.8 Å². The van der Waals surface area contributed by atoms with E-state index in [1.807, 2.05) is 32.0 Å². The molecule has 0 bridgehead atoms. The molecular formula is C19H22N2O3. The van der Waals surface area contributed by atoms with Crippen LogP contribution in [0, 0.1) is 6.92 Å². The molecule has 5 nitrogen and oxygen atoms in total. The molecule has 126 valence electrons. The summed E-state index contributed by atoms with van der Waals surface area (Å²) in [6.45, 7) is 4.69. The maximum Gasteiger partial charge on any atom is 0.251 e. The topological polar surface area (TPSA) is 67.4 Å². The van der Waals surface area contributed by atoms with Crippen LogP contribution in [0.25, 0.3) is 0 Å². The van der Waals surface area contributed by atoms with Gasteiger partial charge in [-0.25, -0.2) is 0 Å². The monoisotopic (exact) mass is 326 g/mol. The molecule has 0 aliphatic carbocycles. The van der Waals surface area contributed by atoms with E-state index in [0.29, 0.717) is 17.9 Å². The lowest BCUT2D eigenvalue weighted by Gasteiger charge is -2.09. The van der Waals surface area contributed by atoms with Crippen LogP contribution in [0.4, 0.5) is 5.69 Å². The van der Waals surface area contributed by atoms with E-state index in [1.54, 1.807) is 30.3 Å². The fourth-order valence-electron chi connectivity index (χ4n) is 2.24. The highest BCUT2D eigenvalue weighted by atomic mass is 16.5. The first-order valence-electron chi connectivity index (χ1n) is 7.96. The third-order valence-electron chi connectivity index (χ3n) is 3.48. The summed E-state index contributed by atoms with van der Waals surface area (Å²) >= 11 is 0. The van der Waals surface area contributed by atoms with Gasteiger partial charge in [0.15, 0.2) is 0 Å². The fourth-order valence-corrected chi connectivity index (χ4v) is 2.24. The Morgan fingerprint density at radius 1 is 1.04 bits per heavy atom. The van der Waals surface area contributed by atoms with Crippen LogP contribution >= 0.6 is 0 Å². The van der Waals surface area contributed by atoms with E-state index in [1.165, 1.54) is 0 Å². The predicted molar refractivity (Wildman–Crippen MR) is 94.4 cm³/mol. The van der Waals surface area contributed by atoms with E-state index in [0.717, 1.165) is 11.3 Å². The van der Waals surface area contributed by atoms with Gasteiger partial charge in [0.1, 0.15) is 5.75 Å². The van der Waals surface area contributed by atoms with Gasteiger partial charge < -0.3 is 15.4 Å². The number of ether oxygens (including phenoxy) is 1. The average molecular weight is 326 g/mol. The van der Waals surface area contributed by atoms with Crippen LogP contribution in [0.3, 0.4) is 0 Å². The van der Waals surface area contributed by atoms with Crippen molar-refractivity contribution in [1.29, 1.82) is 0 Å². The Hall–Kier alpha value is -2.82. The second-order valence-electron chi connectivity index (χ2n) is 5.33. The van der Waals surface area contributed by atoms with Crippen LogP contribution in [0.2, 0.25) is 0 Å². The Kier molecular flexibility index (Phi) is 6.37. The average Bonchev–Trinajstić information content (AvgIpc) is 2.57. The molecule has 2 aromatic rings. The van der Waals surface area contributed by atoms with Crippen LogP contribution in [0.5, 0.6) is 5.75 Å². The van der Waals surface area contributed by atoms with Gasteiger partial charge in [-0.3, -0.25) is 9.59 Å². The lowest BCUT2D eigenvalue weighted by molar-refractivity contribution is -0.116. The molecule has 0 spiro atoms. The van der Waals surface area contributed by atoms with Crippen molar-refractivity contribution in [1.82, 2.24) is 5.32 Å². The molecule has 0 aromatic heterocycles. The van der Waals surface area contributed by atoms with Gasteiger partial charge in [-0.15, -0.1) is 0 Å². The number of rotatable bonds is 7. The predicted octanol–water partition coefficient (Wildman–Crippen LogP) is 3.15. The molecule has 0 saturated carbocycles. The summed E-state index contributed by atoms with van der Waals surface area (Å²) in [4.78, 5) is 24.0. The van der Waals surface area contributed by atoms with Gasteiger partial charge >= 0.3 is 0 Å². The minimum atomic E-state index is -0.165. The van der Waals surface area contributed by atoms with Crippen molar-refractivity contribution in [2.24, 2.45) is 0 Å². The summed E-state index contributed by atoms with van der Waals surface area (Å²) < 4.78 is 5.35. The molecule has 0 fully saturated rings. The maximum atomic E-state index is 12.0. The zero-order valence-corrected chi connectivity index (χ0v) is 14.0. The van der Waals surface area contributed by atoms with Gasteiger partial charge in [0.2, 0.25) is 5.91 Å². The standard InChI is InChI=1S/C19H22N2O3/c1-3-24-16-10-8-15(9-11-16)21-18(22)12-13-20-19(23)17-7-5-4-6-14(17)2/h4-11H,3,12-13H2,1-2H3,(H,20,23)(H,21,22). The maximum absolute atomic E-state index is 12.0. The molecule has 0 saturated heterocycles. The molecule has 0 aliphatic heterocycles. The number of hydrogen-bond acceptors (Lipinski definition) is 3. The molecule has 2 aromatic carbocycles. The Morgan fingerprint density at radius 3 is 2.42 bits per heavy atom. The molecule has 0 aliphatic rings. The molecule has 2 rings (SSSR count). The van der Waals surface area contributed by atoms with Gasteiger partial charge in [-0.2, -0.15) is 0 Å². The number of carbonyl (C=O) groups excluding carboxylic acids is 2. The lowest BCUT2D eigenvalue weighted by Crippen LogP contribution is -2.28. The van der Waals surface area contributed by atoms with Crippen LogP contribution in [-0.4, -0.2) is 25.0 Å². The van der Waals surface area contributed by atoms with Crippen molar-refractivity contribution in [2.75, 3.05) is 18.5 Å². The van der Waals surface area contributed by atoms with Gasteiger partial charge in [0, 0.05) is 24.2 Å². The van der Waals surface area contributed by atoms with E-state index < -0.39 is 0 Å². The van der Waals surface area contributed by atoms with Crippen LogP contribution in [0.15, 0.2) is 48.5 Å². The first kappa shape index (κ1) is 17.5. The highest BCUT2D eigenvalue weighted by Crippen LogP contribution is 2.15. The minimum absolute atomic E-state index is 0.149. The van der Waals surface area contributed by atoms with Gasteiger partial charge in [0.25, 0.3) is 5.91 Å². The molecule has 0 atom stereocenters. The Labute approximate surface area is 142 Å². The van der Waals surface area contributed by atoms with Crippen LogP contribution < -0.4 is 15.4 Å². The number of aryl methyl sites for hydroxylation is 1. The van der Waals surface area contributed by atoms with Crippen LogP contribution in [-0.2, 0) is 4.79 Å². The normalized spacial score (nSPS) is 10.1. The van der Waals surface area contributed by atoms with Crippen LogP contribution in [0.1, 0.15) is 29.3 Å². The second kappa shape index (κ2) is 8.72. The number of anilines is 1. The number of carbonyl (C=O) groups is 2.